The van der Waals surface area contributed by atoms with E-state index in [9.17, 15) is 23.1 Å². The summed E-state index contributed by atoms with van der Waals surface area (Å²) in [6.07, 6.45) is -2.09. The number of aliphatic hydroxyl groups is 1. The van der Waals surface area contributed by atoms with Crippen LogP contribution in [0.4, 0.5) is 4.79 Å². The van der Waals surface area contributed by atoms with E-state index < -0.39 is 33.7 Å². The van der Waals surface area contributed by atoms with Crippen molar-refractivity contribution in [3.8, 4) is 0 Å². The molecule has 0 saturated carbocycles. The molecule has 2 aromatic rings. The maximum absolute atomic E-state index is 12.8. The van der Waals surface area contributed by atoms with Gasteiger partial charge in [0.05, 0.1) is 17.2 Å². The van der Waals surface area contributed by atoms with Crippen LogP contribution in [-0.4, -0.2) is 91.6 Å². The summed E-state index contributed by atoms with van der Waals surface area (Å²) in [5.74, 6) is -1.34. The summed E-state index contributed by atoms with van der Waals surface area (Å²) in [6, 6.07) is 9.71. The summed E-state index contributed by atoms with van der Waals surface area (Å²) in [5, 5.41) is 15.7. The minimum absolute atomic E-state index is 0.0338. The first-order valence-electron chi connectivity index (χ1n) is 9.83. The predicted molar refractivity (Wildman–Crippen MR) is 113 cm³/mol. The molecule has 1 N–H and O–H groups in total. The van der Waals surface area contributed by atoms with Crippen molar-refractivity contribution in [2.75, 3.05) is 45.1 Å². The van der Waals surface area contributed by atoms with Gasteiger partial charge in [-0.05, 0) is 35.0 Å². The van der Waals surface area contributed by atoms with Crippen LogP contribution in [0.5, 0.6) is 0 Å². The highest BCUT2D eigenvalue weighted by atomic mass is 35.5. The number of sulfone groups is 1. The van der Waals surface area contributed by atoms with Gasteiger partial charge in [0.25, 0.3) is 5.91 Å². The number of benzene rings is 2. The van der Waals surface area contributed by atoms with Crippen molar-refractivity contribution in [1.82, 2.24) is 14.9 Å². The van der Waals surface area contributed by atoms with Gasteiger partial charge in [-0.1, -0.05) is 23.7 Å². The zero-order chi connectivity index (χ0) is 22.2. The van der Waals surface area contributed by atoms with E-state index in [2.05, 4.69) is 0 Å². The number of carbonyl (C=O) groups is 2. The third kappa shape index (κ3) is 4.62. The first-order valence-corrected chi connectivity index (χ1v) is 11.9. The van der Waals surface area contributed by atoms with E-state index in [0.29, 0.717) is 36.7 Å². The predicted octanol–water partition coefficient (Wildman–Crippen LogP) is 1.14. The smallest absolute Gasteiger partial charge is 0.424 e. The molecule has 0 bridgehead atoms. The Morgan fingerprint density at radius 3 is 2.42 bits per heavy atom. The topological polar surface area (TPSA) is 107 Å². The fraction of sp³-hybridized carbons (Fsp3) is 0.400. The molecule has 2 aliphatic heterocycles. The van der Waals surface area contributed by atoms with Crippen molar-refractivity contribution in [1.29, 1.82) is 0 Å². The molecule has 2 aromatic carbocycles. The molecule has 1 unspecified atom stereocenters. The Morgan fingerprint density at radius 2 is 1.74 bits per heavy atom. The summed E-state index contributed by atoms with van der Waals surface area (Å²) < 4.78 is 30.5. The molecule has 166 valence electrons. The SMILES string of the molecule is O=C(C(O)CS(=O)(=O)c1ccc2cc(Cl)ccc2c1)N1CCN(N2CCOC2=O)CC1. The lowest BCUT2D eigenvalue weighted by molar-refractivity contribution is -0.142. The van der Waals surface area contributed by atoms with E-state index in [1.165, 1.54) is 22.0 Å². The second kappa shape index (κ2) is 8.62. The number of halogens is 1. The number of aliphatic hydroxyl groups excluding tert-OH is 1. The molecule has 9 nitrogen and oxygen atoms in total. The number of hydrogen-bond donors (Lipinski definition) is 1. The fourth-order valence-electron chi connectivity index (χ4n) is 3.77. The van der Waals surface area contributed by atoms with Gasteiger partial charge in [-0.15, -0.1) is 0 Å². The van der Waals surface area contributed by atoms with E-state index in [1.807, 2.05) is 0 Å². The Bertz CT molecular complexity index is 1120. The molecule has 2 heterocycles. The molecule has 11 heteroatoms. The molecular formula is C20H22ClN3O6S. The van der Waals surface area contributed by atoms with Crippen molar-refractivity contribution in [3.05, 3.63) is 41.4 Å². The minimum atomic E-state index is -3.89. The summed E-state index contributed by atoms with van der Waals surface area (Å²) >= 11 is 5.96. The van der Waals surface area contributed by atoms with Crippen LogP contribution in [0.15, 0.2) is 41.3 Å². The number of hydrazine groups is 1. The largest absolute Gasteiger partial charge is 0.447 e. The number of fused-ring (bicyclic) bond motifs is 1. The van der Waals surface area contributed by atoms with Gasteiger partial charge in [0.15, 0.2) is 9.84 Å². The van der Waals surface area contributed by atoms with Crippen LogP contribution >= 0.6 is 11.6 Å². The zero-order valence-corrected chi connectivity index (χ0v) is 18.2. The number of hydrogen-bond acceptors (Lipinski definition) is 7. The Kier molecular flexibility index (Phi) is 6.07. The van der Waals surface area contributed by atoms with Gasteiger partial charge >= 0.3 is 6.09 Å². The summed E-state index contributed by atoms with van der Waals surface area (Å²) in [7, 11) is -3.89. The van der Waals surface area contributed by atoms with Crippen molar-refractivity contribution in [3.63, 3.8) is 0 Å². The first kappa shape index (κ1) is 21.8. The van der Waals surface area contributed by atoms with Crippen LogP contribution in [-0.2, 0) is 19.4 Å². The minimum Gasteiger partial charge on any atom is -0.447 e. The molecule has 1 atom stereocenters. The van der Waals surface area contributed by atoms with Gasteiger partial charge in [0, 0.05) is 31.2 Å². The molecule has 2 saturated heterocycles. The van der Waals surface area contributed by atoms with Crippen molar-refractivity contribution in [2.24, 2.45) is 0 Å². The number of rotatable bonds is 5. The number of ether oxygens (including phenoxy) is 1. The number of carbonyl (C=O) groups excluding carboxylic acids is 2. The summed E-state index contributed by atoms with van der Waals surface area (Å²) in [5.41, 5.74) is 0. The quantitative estimate of drug-likeness (QED) is 0.702. The molecule has 2 amide bonds. The fourth-order valence-corrected chi connectivity index (χ4v) is 5.29. The molecule has 4 rings (SSSR count). The van der Waals surface area contributed by atoms with Crippen molar-refractivity contribution in [2.45, 2.75) is 11.0 Å². The molecule has 0 spiro atoms. The van der Waals surface area contributed by atoms with E-state index in [1.54, 1.807) is 29.3 Å². The molecule has 0 aliphatic carbocycles. The molecule has 2 aliphatic rings. The van der Waals surface area contributed by atoms with Crippen LogP contribution in [0, 0.1) is 0 Å². The Balaban J connectivity index is 1.39. The van der Waals surface area contributed by atoms with E-state index in [4.69, 9.17) is 16.3 Å². The summed E-state index contributed by atoms with van der Waals surface area (Å²) in [6.45, 7) is 2.13. The van der Waals surface area contributed by atoms with Gasteiger partial charge in [0.1, 0.15) is 12.7 Å². The van der Waals surface area contributed by atoms with Crippen LogP contribution in [0.25, 0.3) is 10.8 Å². The number of piperazine rings is 1. The Labute approximate surface area is 184 Å². The van der Waals surface area contributed by atoms with E-state index in [-0.39, 0.29) is 18.0 Å². The molecular weight excluding hydrogens is 446 g/mol. The van der Waals surface area contributed by atoms with Crippen LogP contribution < -0.4 is 0 Å². The van der Waals surface area contributed by atoms with Crippen molar-refractivity contribution >= 4 is 44.2 Å². The lowest BCUT2D eigenvalue weighted by atomic mass is 10.1. The highest BCUT2D eigenvalue weighted by Crippen LogP contribution is 2.24. The molecule has 2 fully saturated rings. The van der Waals surface area contributed by atoms with Crippen molar-refractivity contribution < 1.29 is 27.9 Å². The number of amides is 2. The zero-order valence-electron chi connectivity index (χ0n) is 16.6. The molecule has 0 radical (unpaired) electrons. The van der Waals surface area contributed by atoms with Crippen LogP contribution in [0.1, 0.15) is 0 Å². The maximum atomic E-state index is 12.8. The van der Waals surface area contributed by atoms with Gasteiger partial charge in [-0.25, -0.2) is 23.2 Å². The average molecular weight is 468 g/mol. The monoisotopic (exact) mass is 467 g/mol. The second-order valence-corrected chi connectivity index (χ2v) is 9.94. The Morgan fingerprint density at radius 1 is 1.06 bits per heavy atom. The van der Waals surface area contributed by atoms with E-state index >= 15 is 0 Å². The number of cyclic esters (lactones) is 1. The lowest BCUT2D eigenvalue weighted by Crippen LogP contribution is -2.57. The third-order valence-electron chi connectivity index (χ3n) is 5.44. The van der Waals surface area contributed by atoms with Gasteiger partial charge < -0.3 is 14.7 Å². The molecule has 0 aromatic heterocycles. The van der Waals surface area contributed by atoms with Gasteiger partial charge in [0.2, 0.25) is 0 Å². The highest BCUT2D eigenvalue weighted by molar-refractivity contribution is 7.91. The van der Waals surface area contributed by atoms with Crippen LogP contribution in [0.3, 0.4) is 0 Å². The maximum Gasteiger partial charge on any atom is 0.424 e. The molecule has 31 heavy (non-hydrogen) atoms. The van der Waals surface area contributed by atoms with E-state index in [0.717, 1.165) is 5.39 Å². The standard InChI is InChI=1S/C20H22ClN3O6S/c21-16-3-1-15-12-17(4-2-14(15)11-16)31(28,29)13-18(25)19(26)22-5-7-23(8-6-22)24-9-10-30-20(24)27/h1-4,11-12,18,25H,5-10,13H2. The van der Waals surface area contributed by atoms with Gasteiger partial charge in [-0.2, -0.15) is 0 Å². The van der Waals surface area contributed by atoms with Crippen LogP contribution in [0.2, 0.25) is 5.02 Å². The number of nitrogens with zero attached hydrogens (tertiary/aromatic N) is 3. The summed E-state index contributed by atoms with van der Waals surface area (Å²) in [4.78, 5) is 25.7. The third-order valence-corrected chi connectivity index (χ3v) is 7.41. The Hall–Kier alpha value is -2.40. The second-order valence-electron chi connectivity index (χ2n) is 7.47. The highest BCUT2D eigenvalue weighted by Gasteiger charge is 2.34. The first-order chi connectivity index (χ1) is 14.7. The average Bonchev–Trinajstić information content (AvgIpc) is 3.18. The normalized spacial score (nSPS) is 19.0. The lowest BCUT2D eigenvalue weighted by Gasteiger charge is -2.38. The van der Waals surface area contributed by atoms with Gasteiger partial charge in [-0.3, -0.25) is 4.79 Å².